The van der Waals surface area contributed by atoms with Crippen LogP contribution in [0.15, 0.2) is 52.3 Å². The third kappa shape index (κ3) is 6.07. The maximum Gasteiger partial charge on any atom is 0.343 e. The highest BCUT2D eigenvalue weighted by Gasteiger charge is 2.35. The molecule has 1 fully saturated rings. The normalized spacial score (nSPS) is 22.6. The molecule has 1 aliphatic carbocycles. The van der Waals surface area contributed by atoms with Crippen LogP contribution in [0.2, 0.25) is 0 Å². The highest BCUT2D eigenvalue weighted by molar-refractivity contribution is 6.42. The lowest BCUT2D eigenvalue weighted by Crippen LogP contribution is -2.46. The van der Waals surface area contributed by atoms with E-state index in [2.05, 4.69) is 26.4 Å². The fourth-order valence-corrected chi connectivity index (χ4v) is 4.75. The van der Waals surface area contributed by atoms with E-state index >= 15 is 0 Å². The van der Waals surface area contributed by atoms with E-state index in [0.717, 1.165) is 49.1 Å². The average molecular weight is 486 g/mol. The van der Waals surface area contributed by atoms with E-state index in [1.165, 1.54) is 6.92 Å². The van der Waals surface area contributed by atoms with Gasteiger partial charge >= 0.3 is 5.84 Å². The minimum absolute atomic E-state index is 0.00452. The monoisotopic (exact) mass is 485 g/mol. The molecule has 2 unspecified atom stereocenters. The van der Waals surface area contributed by atoms with Gasteiger partial charge in [0.15, 0.2) is 5.03 Å². The van der Waals surface area contributed by atoms with E-state index in [1.807, 2.05) is 37.3 Å². The molecule has 2 heterocycles. The Labute approximate surface area is 206 Å². The fraction of sp³-hybridized carbons (Fsp3) is 0.500. The van der Waals surface area contributed by atoms with Gasteiger partial charge in [0.1, 0.15) is 24.6 Å². The van der Waals surface area contributed by atoms with Gasteiger partial charge in [-0.25, -0.2) is 4.58 Å². The van der Waals surface area contributed by atoms with Crippen LogP contribution < -0.4 is 15.4 Å². The van der Waals surface area contributed by atoms with E-state index in [9.17, 15) is 9.90 Å². The van der Waals surface area contributed by atoms with Gasteiger partial charge in [0.25, 0.3) is 0 Å². The molecule has 4 rings (SSSR count). The van der Waals surface area contributed by atoms with Crippen molar-refractivity contribution in [3.8, 4) is 5.75 Å². The Hall–Kier alpha value is -2.64. The Morgan fingerprint density at radius 3 is 2.79 bits per heavy atom. The Bertz CT molecular complexity index is 1020. The molecule has 3 N–H and O–H groups in total. The molecule has 7 nitrogen and oxygen atoms in total. The van der Waals surface area contributed by atoms with Crippen molar-refractivity contribution in [1.82, 2.24) is 10.6 Å². The van der Waals surface area contributed by atoms with Crippen molar-refractivity contribution in [3.63, 3.8) is 0 Å². The van der Waals surface area contributed by atoms with Crippen molar-refractivity contribution < 1.29 is 19.2 Å². The first-order chi connectivity index (χ1) is 16.3. The van der Waals surface area contributed by atoms with Gasteiger partial charge in [-0.15, -0.1) is 0 Å². The summed E-state index contributed by atoms with van der Waals surface area (Å²) in [5, 5.41) is 17.3. The first kappa shape index (κ1) is 24.5. The van der Waals surface area contributed by atoms with Crippen molar-refractivity contribution in [1.29, 1.82) is 0 Å². The van der Waals surface area contributed by atoms with Crippen LogP contribution in [0, 0.1) is 0 Å². The molecule has 1 aromatic rings. The molecule has 1 amide bonds. The highest BCUT2D eigenvalue weighted by Crippen LogP contribution is 2.31. The van der Waals surface area contributed by atoms with Crippen molar-refractivity contribution in [3.05, 3.63) is 52.8 Å². The maximum atomic E-state index is 11.3. The van der Waals surface area contributed by atoms with Gasteiger partial charge in [0, 0.05) is 32.0 Å². The minimum Gasteiger partial charge on any atom is -0.486 e. The minimum atomic E-state index is -0.622. The molecule has 1 saturated carbocycles. The summed E-state index contributed by atoms with van der Waals surface area (Å²) < 4.78 is 8.34. The van der Waals surface area contributed by atoms with Gasteiger partial charge in [-0.3, -0.25) is 4.79 Å². The quantitative estimate of drug-likeness (QED) is 0.513. The largest absolute Gasteiger partial charge is 0.486 e. The first-order valence-electron chi connectivity index (χ1n) is 12.0. The third-order valence-corrected chi connectivity index (χ3v) is 7.01. The van der Waals surface area contributed by atoms with Crippen LogP contribution in [0.3, 0.4) is 0 Å². The van der Waals surface area contributed by atoms with Crippen LogP contribution in [-0.2, 0) is 4.79 Å². The lowest BCUT2D eigenvalue weighted by Gasteiger charge is -2.37. The standard InChI is InChI=1S/C26H33ClN4O3/c1-18(30-19(2)32)20-8-10-21(11-9-20)34-22-6-4-15-31(16-22)25-24(27)23(7-3-14-28-25)29-17-26(33)12-5-13-26/h3,8-11,14-15,18,22,33H,4-7,12-13,16-17H2,1-2H3,(H-,28,29,30,32)/p+1. The smallest absolute Gasteiger partial charge is 0.343 e. The average Bonchev–Trinajstić information content (AvgIpc) is 2.98. The summed E-state index contributed by atoms with van der Waals surface area (Å²) in [5.74, 6) is 1.45. The zero-order chi connectivity index (χ0) is 24.1. The zero-order valence-corrected chi connectivity index (χ0v) is 20.6. The van der Waals surface area contributed by atoms with Gasteiger partial charge < -0.3 is 20.5 Å². The summed E-state index contributed by atoms with van der Waals surface area (Å²) in [6, 6.07) is 7.81. The molecule has 2 atom stereocenters. The lowest BCUT2D eigenvalue weighted by molar-refractivity contribution is -0.420. The maximum absolute atomic E-state index is 11.3. The second-order valence-corrected chi connectivity index (χ2v) is 9.79. The second-order valence-electron chi connectivity index (χ2n) is 9.41. The molecular weight excluding hydrogens is 452 g/mol. The number of carbonyl (C=O) groups is 1. The predicted molar refractivity (Wildman–Crippen MR) is 134 cm³/mol. The number of aliphatic imine (C=N–C) groups is 1. The van der Waals surface area contributed by atoms with Gasteiger partial charge in [0.05, 0.1) is 17.9 Å². The lowest BCUT2D eigenvalue weighted by atomic mass is 9.80. The second kappa shape index (κ2) is 10.7. The summed E-state index contributed by atoms with van der Waals surface area (Å²) in [5.41, 5.74) is 1.29. The van der Waals surface area contributed by atoms with Crippen molar-refractivity contribution >= 4 is 29.6 Å². The number of nitrogens with one attached hydrogen (secondary N) is 2. The number of carbonyl (C=O) groups excluding carboxylic acids is 1. The molecule has 182 valence electrons. The number of hydrogen-bond donors (Lipinski definition) is 3. The summed E-state index contributed by atoms with van der Waals surface area (Å²) >= 11 is 6.80. The van der Waals surface area contributed by atoms with E-state index in [1.54, 1.807) is 6.20 Å². The van der Waals surface area contributed by atoms with Crippen LogP contribution in [-0.4, -0.2) is 52.4 Å². The SMILES string of the molecule is CC(=O)NC(C)c1ccc(OC2CCC=[N+](C3=NC=CCC(NCC4(O)CCC4)=C3Cl)C2)cc1. The van der Waals surface area contributed by atoms with Crippen LogP contribution in [0.4, 0.5) is 0 Å². The van der Waals surface area contributed by atoms with Gasteiger partial charge in [-0.2, -0.15) is 0 Å². The van der Waals surface area contributed by atoms with E-state index in [4.69, 9.17) is 16.3 Å². The molecule has 0 saturated heterocycles. The van der Waals surface area contributed by atoms with Crippen LogP contribution in [0.5, 0.6) is 5.75 Å². The molecular formula is C26H34ClN4O3+. The van der Waals surface area contributed by atoms with Crippen molar-refractivity contribution in [2.45, 2.75) is 70.1 Å². The van der Waals surface area contributed by atoms with Gasteiger partial charge in [0.2, 0.25) is 5.91 Å². The highest BCUT2D eigenvalue weighted by atomic mass is 35.5. The molecule has 1 aromatic carbocycles. The summed E-state index contributed by atoms with van der Waals surface area (Å²) in [6.45, 7) is 4.63. The number of amidine groups is 1. The topological polar surface area (TPSA) is 86.0 Å². The van der Waals surface area contributed by atoms with Crippen LogP contribution in [0.1, 0.15) is 64.0 Å². The van der Waals surface area contributed by atoms with E-state index < -0.39 is 5.60 Å². The Morgan fingerprint density at radius 1 is 1.35 bits per heavy atom. The summed E-state index contributed by atoms with van der Waals surface area (Å²) in [6.07, 6.45) is 11.0. The molecule has 0 bridgehead atoms. The molecule has 8 heteroatoms. The number of hydrogen-bond acceptors (Lipinski definition) is 5. The molecule has 0 spiro atoms. The van der Waals surface area contributed by atoms with Gasteiger partial charge in [-0.05, 0) is 61.4 Å². The Morgan fingerprint density at radius 2 is 2.12 bits per heavy atom. The number of halogens is 1. The Balaban J connectivity index is 1.40. The molecule has 34 heavy (non-hydrogen) atoms. The number of nitrogens with zero attached hydrogens (tertiary/aromatic N) is 2. The first-order valence-corrected chi connectivity index (χ1v) is 12.4. The fourth-order valence-electron chi connectivity index (χ4n) is 4.44. The van der Waals surface area contributed by atoms with Crippen molar-refractivity contribution in [2.75, 3.05) is 13.1 Å². The molecule has 3 aliphatic rings. The Kier molecular flexibility index (Phi) is 7.73. The van der Waals surface area contributed by atoms with E-state index in [-0.39, 0.29) is 18.1 Å². The number of rotatable bonds is 7. The van der Waals surface area contributed by atoms with Crippen LogP contribution >= 0.6 is 11.6 Å². The van der Waals surface area contributed by atoms with Gasteiger partial charge in [-0.1, -0.05) is 23.7 Å². The van der Waals surface area contributed by atoms with Crippen molar-refractivity contribution in [2.24, 2.45) is 4.99 Å². The number of amides is 1. The number of benzene rings is 1. The predicted octanol–water partition coefficient (Wildman–Crippen LogP) is 3.78. The van der Waals surface area contributed by atoms with E-state index in [0.29, 0.717) is 30.4 Å². The summed E-state index contributed by atoms with van der Waals surface area (Å²) in [4.78, 5) is 15.9. The third-order valence-electron chi connectivity index (χ3n) is 6.61. The van der Waals surface area contributed by atoms with Crippen LogP contribution in [0.25, 0.3) is 0 Å². The molecule has 0 aromatic heterocycles. The summed E-state index contributed by atoms with van der Waals surface area (Å²) in [7, 11) is 0. The number of aliphatic hydroxyl groups is 1. The number of ether oxygens (including phenoxy) is 1. The molecule has 0 radical (unpaired) electrons. The number of allylic oxidation sites excluding steroid dienone is 1. The molecule has 2 aliphatic heterocycles. The zero-order valence-electron chi connectivity index (χ0n) is 19.9.